The number of aromatic nitrogens is 2. The van der Waals surface area contributed by atoms with Crippen LogP contribution in [-0.4, -0.2) is 59.8 Å². The molecular weight excluding hydrogens is 427 g/mol. The van der Waals surface area contributed by atoms with Gasteiger partial charge in [-0.2, -0.15) is 0 Å². The molecule has 0 radical (unpaired) electrons. The maximum absolute atomic E-state index is 13.5. The fourth-order valence-corrected chi connectivity index (χ4v) is 4.33. The Hall–Kier alpha value is -3.62. The summed E-state index contributed by atoms with van der Waals surface area (Å²) in [7, 11) is 0. The minimum atomic E-state index is -0.433. The minimum Gasteiger partial charge on any atom is -0.486 e. The second-order valence-corrected chi connectivity index (χ2v) is 8.48. The highest BCUT2D eigenvalue weighted by Crippen LogP contribution is 2.34. The Balaban J connectivity index is 1.45. The third kappa shape index (κ3) is 3.88. The van der Waals surface area contributed by atoms with Crippen molar-refractivity contribution in [1.29, 1.82) is 0 Å². The van der Waals surface area contributed by atoms with Crippen molar-refractivity contribution in [1.82, 2.24) is 14.5 Å². The van der Waals surface area contributed by atoms with Crippen molar-refractivity contribution in [2.75, 3.05) is 44.3 Å². The van der Waals surface area contributed by atoms with Gasteiger partial charge < -0.3 is 19.3 Å². The number of hydrogen-bond acceptors (Lipinski definition) is 6. The number of halogens is 1. The number of carbonyl (C=O) groups is 1. The minimum absolute atomic E-state index is 0.107. The van der Waals surface area contributed by atoms with Crippen molar-refractivity contribution in [3.63, 3.8) is 0 Å². The van der Waals surface area contributed by atoms with Gasteiger partial charge in [0.05, 0.1) is 10.9 Å². The van der Waals surface area contributed by atoms with Crippen LogP contribution in [0.15, 0.2) is 41.2 Å². The third-order valence-electron chi connectivity index (χ3n) is 5.98. The van der Waals surface area contributed by atoms with Gasteiger partial charge in [0.1, 0.15) is 19.0 Å². The highest BCUT2D eigenvalue weighted by atomic mass is 19.1. The van der Waals surface area contributed by atoms with E-state index in [9.17, 15) is 14.0 Å². The first-order valence-corrected chi connectivity index (χ1v) is 11.1. The number of rotatable bonds is 3. The lowest BCUT2D eigenvalue weighted by molar-refractivity contribution is 0.0745. The van der Waals surface area contributed by atoms with Crippen LogP contribution in [0.2, 0.25) is 0 Å². The molecule has 5 rings (SSSR count). The van der Waals surface area contributed by atoms with Gasteiger partial charge in [0.15, 0.2) is 11.5 Å². The molecule has 0 atom stereocenters. The molecule has 9 heteroatoms. The van der Waals surface area contributed by atoms with Crippen LogP contribution in [-0.2, 0) is 0 Å². The molecule has 0 spiro atoms. The van der Waals surface area contributed by atoms with E-state index in [-0.39, 0.29) is 17.5 Å². The summed E-state index contributed by atoms with van der Waals surface area (Å²) in [6.45, 7) is 6.70. The molecule has 0 N–H and O–H groups in total. The molecule has 172 valence electrons. The summed E-state index contributed by atoms with van der Waals surface area (Å²) in [5, 5.41) is 0.483. The van der Waals surface area contributed by atoms with Gasteiger partial charge in [-0.3, -0.25) is 14.2 Å². The van der Waals surface area contributed by atoms with Gasteiger partial charge >= 0.3 is 0 Å². The van der Waals surface area contributed by atoms with E-state index in [1.54, 1.807) is 27.7 Å². The Bertz CT molecular complexity index is 1280. The number of fused-ring (bicyclic) bond motifs is 2. The Morgan fingerprint density at radius 3 is 2.39 bits per heavy atom. The van der Waals surface area contributed by atoms with E-state index < -0.39 is 5.82 Å². The molecule has 2 aliphatic heterocycles. The molecule has 1 amide bonds. The van der Waals surface area contributed by atoms with E-state index in [1.165, 1.54) is 18.2 Å². The van der Waals surface area contributed by atoms with Crippen LogP contribution < -0.4 is 19.9 Å². The lowest BCUT2D eigenvalue weighted by Gasteiger charge is -2.36. The molecule has 1 saturated heterocycles. The number of ether oxygens (including phenoxy) is 2. The second-order valence-electron chi connectivity index (χ2n) is 8.48. The van der Waals surface area contributed by atoms with E-state index in [0.29, 0.717) is 73.3 Å². The monoisotopic (exact) mass is 452 g/mol. The van der Waals surface area contributed by atoms with Crippen LogP contribution in [0, 0.1) is 5.82 Å². The maximum Gasteiger partial charge on any atom is 0.263 e. The summed E-state index contributed by atoms with van der Waals surface area (Å²) in [5.74, 6) is 1.07. The van der Waals surface area contributed by atoms with Gasteiger partial charge in [0.25, 0.3) is 11.5 Å². The van der Waals surface area contributed by atoms with Crippen molar-refractivity contribution in [3.8, 4) is 11.5 Å². The van der Waals surface area contributed by atoms with Crippen LogP contribution in [0.4, 0.5) is 10.3 Å². The van der Waals surface area contributed by atoms with Crippen molar-refractivity contribution < 1.29 is 18.7 Å². The summed E-state index contributed by atoms with van der Waals surface area (Å²) in [6.07, 6.45) is 0. The quantitative estimate of drug-likeness (QED) is 0.608. The number of amides is 1. The Labute approximate surface area is 190 Å². The number of piperazine rings is 1. The smallest absolute Gasteiger partial charge is 0.263 e. The topological polar surface area (TPSA) is 76.9 Å². The van der Waals surface area contributed by atoms with E-state index in [2.05, 4.69) is 0 Å². The number of benzene rings is 2. The summed E-state index contributed by atoms with van der Waals surface area (Å²) in [6, 6.07) is 9.07. The average molecular weight is 452 g/mol. The van der Waals surface area contributed by atoms with Gasteiger partial charge in [0.2, 0.25) is 5.95 Å². The highest BCUT2D eigenvalue weighted by Gasteiger charge is 2.27. The molecule has 1 aromatic heterocycles. The van der Waals surface area contributed by atoms with Crippen LogP contribution in [0.25, 0.3) is 10.9 Å². The first-order chi connectivity index (χ1) is 15.9. The van der Waals surface area contributed by atoms with Crippen molar-refractivity contribution >= 4 is 22.8 Å². The van der Waals surface area contributed by atoms with Gasteiger partial charge in [-0.25, -0.2) is 9.37 Å². The van der Waals surface area contributed by atoms with Crippen molar-refractivity contribution in [2.45, 2.75) is 19.9 Å². The third-order valence-corrected chi connectivity index (χ3v) is 5.98. The molecule has 2 aromatic carbocycles. The molecule has 3 aromatic rings. The summed E-state index contributed by atoms with van der Waals surface area (Å²) >= 11 is 0. The van der Waals surface area contributed by atoms with Gasteiger partial charge in [-0.05, 0) is 38.1 Å². The standard InChI is InChI=1S/C24H25FN4O4/c1-15(2)29-23(31)18-13-20-21(33-11-10-32-20)14-19(18)26-24(29)28-8-6-27(7-9-28)22(30)16-4-3-5-17(25)12-16/h3-5,12-15H,6-11H2,1-2H3. The summed E-state index contributed by atoms with van der Waals surface area (Å²) < 4.78 is 26.5. The van der Waals surface area contributed by atoms with Crippen LogP contribution in [0.3, 0.4) is 0 Å². The fraction of sp³-hybridized carbons (Fsp3) is 0.375. The SMILES string of the molecule is CC(C)n1c(N2CCN(C(=O)c3cccc(F)c3)CC2)nc2cc3c(cc2c1=O)OCCO3. The Kier molecular flexibility index (Phi) is 5.39. The molecule has 0 saturated carbocycles. The lowest BCUT2D eigenvalue weighted by atomic mass is 10.1. The zero-order valence-electron chi connectivity index (χ0n) is 18.6. The zero-order chi connectivity index (χ0) is 23.1. The molecule has 3 heterocycles. The van der Waals surface area contributed by atoms with Crippen molar-refractivity contribution in [3.05, 3.63) is 58.1 Å². The second kappa shape index (κ2) is 8.38. The van der Waals surface area contributed by atoms with E-state index in [0.717, 1.165) is 0 Å². The molecule has 0 bridgehead atoms. The molecule has 0 unspecified atom stereocenters. The van der Waals surface area contributed by atoms with Gasteiger partial charge in [-0.15, -0.1) is 0 Å². The number of nitrogens with zero attached hydrogens (tertiary/aromatic N) is 4. The lowest BCUT2D eigenvalue weighted by Crippen LogP contribution is -2.50. The largest absolute Gasteiger partial charge is 0.486 e. The average Bonchev–Trinajstić information content (AvgIpc) is 2.82. The molecule has 2 aliphatic rings. The van der Waals surface area contributed by atoms with Crippen molar-refractivity contribution in [2.24, 2.45) is 0 Å². The predicted molar refractivity (Wildman–Crippen MR) is 122 cm³/mol. The maximum atomic E-state index is 13.5. The van der Waals surface area contributed by atoms with Gasteiger partial charge in [-0.1, -0.05) is 6.07 Å². The van der Waals surface area contributed by atoms with Crippen LogP contribution >= 0.6 is 0 Å². The molecule has 0 aliphatic carbocycles. The van der Waals surface area contributed by atoms with Crippen LogP contribution in [0.1, 0.15) is 30.2 Å². The number of carbonyl (C=O) groups excluding carboxylic acids is 1. The number of hydrogen-bond donors (Lipinski definition) is 0. The molecular formula is C24H25FN4O4. The summed E-state index contributed by atoms with van der Waals surface area (Å²) in [5.41, 5.74) is 0.744. The summed E-state index contributed by atoms with van der Waals surface area (Å²) in [4.78, 5) is 34.7. The zero-order valence-corrected chi connectivity index (χ0v) is 18.6. The Morgan fingerprint density at radius 2 is 1.73 bits per heavy atom. The highest BCUT2D eigenvalue weighted by molar-refractivity contribution is 5.94. The first kappa shape index (κ1) is 21.2. The van der Waals surface area contributed by atoms with Crippen LogP contribution in [0.5, 0.6) is 11.5 Å². The van der Waals surface area contributed by atoms with E-state index in [1.807, 2.05) is 18.7 Å². The van der Waals surface area contributed by atoms with Gasteiger partial charge in [0, 0.05) is 43.9 Å². The molecule has 33 heavy (non-hydrogen) atoms. The normalized spacial score (nSPS) is 15.9. The molecule has 1 fully saturated rings. The van der Waals surface area contributed by atoms with E-state index in [4.69, 9.17) is 14.5 Å². The first-order valence-electron chi connectivity index (χ1n) is 11.1. The fourth-order valence-electron chi connectivity index (χ4n) is 4.33. The number of anilines is 1. The predicted octanol–water partition coefficient (Wildman–Crippen LogP) is 2.85. The molecule has 8 nitrogen and oxygen atoms in total. The van der Waals surface area contributed by atoms with E-state index >= 15 is 0 Å². The Morgan fingerprint density at radius 1 is 1.03 bits per heavy atom.